The van der Waals surface area contributed by atoms with Gasteiger partial charge in [0, 0.05) is 5.56 Å². The van der Waals surface area contributed by atoms with Gasteiger partial charge in [-0.3, -0.25) is 4.79 Å². The van der Waals surface area contributed by atoms with Crippen LogP contribution in [0.5, 0.6) is 0 Å². The van der Waals surface area contributed by atoms with Crippen molar-refractivity contribution in [3.63, 3.8) is 0 Å². The van der Waals surface area contributed by atoms with Crippen molar-refractivity contribution in [3.05, 3.63) is 35.1 Å². The molecule has 1 atom stereocenters. The highest BCUT2D eigenvalue weighted by Crippen LogP contribution is 2.26. The number of nitriles is 1. The van der Waals surface area contributed by atoms with E-state index in [-0.39, 0.29) is 17.4 Å². The van der Waals surface area contributed by atoms with Gasteiger partial charge in [-0.25, -0.2) is 4.39 Å². The summed E-state index contributed by atoms with van der Waals surface area (Å²) in [7, 11) is 0. The Morgan fingerprint density at radius 1 is 1.35 bits per heavy atom. The van der Waals surface area contributed by atoms with Crippen LogP contribution in [-0.2, 0) is 0 Å². The van der Waals surface area contributed by atoms with E-state index in [1.54, 1.807) is 13.0 Å². The van der Waals surface area contributed by atoms with Crippen LogP contribution in [0, 0.1) is 30.0 Å². The largest absolute Gasteiger partial charge is 0.336 e. The Kier molecular flexibility index (Phi) is 4.73. The zero-order chi connectivity index (χ0) is 14.5. The number of rotatable bonds is 3. The van der Waals surface area contributed by atoms with Crippen LogP contribution < -0.4 is 5.32 Å². The second-order valence-corrected chi connectivity index (χ2v) is 5.50. The lowest BCUT2D eigenvalue weighted by Crippen LogP contribution is -2.40. The van der Waals surface area contributed by atoms with Gasteiger partial charge in [-0.05, 0) is 49.4 Å². The molecule has 1 saturated carbocycles. The number of amides is 1. The molecule has 1 fully saturated rings. The Morgan fingerprint density at radius 3 is 2.65 bits per heavy atom. The van der Waals surface area contributed by atoms with Crippen LogP contribution in [0.2, 0.25) is 0 Å². The number of nitrogens with zero attached hydrogens (tertiary/aromatic N) is 1. The quantitative estimate of drug-likeness (QED) is 0.919. The molecule has 1 aliphatic rings. The highest BCUT2D eigenvalue weighted by atomic mass is 19.1. The lowest BCUT2D eigenvalue weighted by atomic mass is 9.84. The van der Waals surface area contributed by atoms with Gasteiger partial charge in [0.05, 0.1) is 6.07 Å². The van der Waals surface area contributed by atoms with Crippen LogP contribution in [0.3, 0.4) is 0 Å². The molecule has 0 aromatic heterocycles. The fraction of sp³-hybridized carbons (Fsp3) is 0.500. The first-order chi connectivity index (χ1) is 9.60. The number of hydrogen-bond acceptors (Lipinski definition) is 2. The second-order valence-electron chi connectivity index (χ2n) is 5.50. The first-order valence-electron chi connectivity index (χ1n) is 7.08. The molecule has 0 aliphatic heterocycles. The van der Waals surface area contributed by atoms with E-state index in [0.29, 0.717) is 5.56 Å². The zero-order valence-electron chi connectivity index (χ0n) is 11.7. The minimum absolute atomic E-state index is 0.215. The molecule has 1 aromatic rings. The molecule has 106 valence electrons. The normalized spacial score (nSPS) is 17.2. The van der Waals surface area contributed by atoms with E-state index >= 15 is 0 Å². The highest BCUT2D eigenvalue weighted by Gasteiger charge is 2.25. The van der Waals surface area contributed by atoms with E-state index in [1.165, 1.54) is 18.6 Å². The molecule has 4 heteroatoms. The Bertz CT molecular complexity index is 510. The van der Waals surface area contributed by atoms with Crippen molar-refractivity contribution in [2.75, 3.05) is 0 Å². The molecular formula is C16H19FN2O. The summed E-state index contributed by atoms with van der Waals surface area (Å²) in [6, 6.07) is 5.91. The standard InChI is InChI=1S/C16H19FN2O/c1-11-7-13(9-14(17)8-11)16(20)19-15(10-18)12-5-3-2-4-6-12/h7-9,12,15H,2-6H2,1H3,(H,19,20). The van der Waals surface area contributed by atoms with Gasteiger partial charge in [0.25, 0.3) is 5.91 Å². The number of nitrogens with one attached hydrogen (secondary N) is 1. The van der Waals surface area contributed by atoms with Crippen LogP contribution in [0.1, 0.15) is 48.0 Å². The van der Waals surface area contributed by atoms with Gasteiger partial charge in [-0.1, -0.05) is 19.3 Å². The summed E-state index contributed by atoms with van der Waals surface area (Å²) in [6.45, 7) is 1.74. The van der Waals surface area contributed by atoms with Crippen LogP contribution in [0.15, 0.2) is 18.2 Å². The molecule has 1 unspecified atom stereocenters. The van der Waals surface area contributed by atoms with E-state index in [4.69, 9.17) is 0 Å². The first-order valence-corrected chi connectivity index (χ1v) is 7.08. The zero-order valence-corrected chi connectivity index (χ0v) is 11.7. The van der Waals surface area contributed by atoms with Crippen LogP contribution >= 0.6 is 0 Å². The number of benzene rings is 1. The molecule has 20 heavy (non-hydrogen) atoms. The summed E-state index contributed by atoms with van der Waals surface area (Å²) in [4.78, 5) is 12.1. The summed E-state index contributed by atoms with van der Waals surface area (Å²) in [6.07, 6.45) is 5.36. The molecule has 0 saturated heterocycles. The Labute approximate surface area is 118 Å². The van der Waals surface area contributed by atoms with Gasteiger partial charge in [0.1, 0.15) is 11.9 Å². The molecule has 0 spiro atoms. The van der Waals surface area contributed by atoms with Crippen LogP contribution in [-0.4, -0.2) is 11.9 Å². The van der Waals surface area contributed by atoms with Crippen molar-refractivity contribution in [2.24, 2.45) is 5.92 Å². The Balaban J connectivity index is 2.07. The van der Waals surface area contributed by atoms with Crippen molar-refractivity contribution in [1.82, 2.24) is 5.32 Å². The van der Waals surface area contributed by atoms with Gasteiger partial charge in [-0.15, -0.1) is 0 Å². The number of carbonyl (C=O) groups excluding carboxylic acids is 1. The number of aryl methyl sites for hydroxylation is 1. The molecule has 0 radical (unpaired) electrons. The maximum Gasteiger partial charge on any atom is 0.252 e. The van der Waals surface area contributed by atoms with Crippen LogP contribution in [0.25, 0.3) is 0 Å². The minimum atomic E-state index is -0.480. The summed E-state index contributed by atoms with van der Waals surface area (Å²) in [5.41, 5.74) is 0.972. The fourth-order valence-corrected chi connectivity index (χ4v) is 2.82. The molecule has 1 amide bonds. The third kappa shape index (κ3) is 3.57. The van der Waals surface area contributed by atoms with Crippen molar-refractivity contribution in [3.8, 4) is 6.07 Å². The van der Waals surface area contributed by atoms with E-state index in [2.05, 4.69) is 11.4 Å². The van der Waals surface area contributed by atoms with Crippen molar-refractivity contribution >= 4 is 5.91 Å². The Morgan fingerprint density at radius 2 is 2.05 bits per heavy atom. The maximum atomic E-state index is 13.3. The molecule has 2 rings (SSSR count). The minimum Gasteiger partial charge on any atom is -0.336 e. The summed E-state index contributed by atoms with van der Waals surface area (Å²) >= 11 is 0. The van der Waals surface area contributed by atoms with Gasteiger partial charge in [0.2, 0.25) is 0 Å². The van der Waals surface area contributed by atoms with E-state index in [0.717, 1.165) is 25.7 Å². The predicted octanol–water partition coefficient (Wildman–Crippen LogP) is 3.34. The van der Waals surface area contributed by atoms with Crippen LogP contribution in [0.4, 0.5) is 4.39 Å². The molecule has 1 aliphatic carbocycles. The molecule has 1 N–H and O–H groups in total. The monoisotopic (exact) mass is 274 g/mol. The average molecular weight is 274 g/mol. The van der Waals surface area contributed by atoms with Crippen molar-refractivity contribution in [2.45, 2.75) is 45.1 Å². The summed E-state index contributed by atoms with van der Waals surface area (Å²) in [5, 5.41) is 12.0. The first kappa shape index (κ1) is 14.5. The smallest absolute Gasteiger partial charge is 0.252 e. The summed E-state index contributed by atoms with van der Waals surface area (Å²) in [5.74, 6) is -0.585. The highest BCUT2D eigenvalue weighted by molar-refractivity contribution is 5.94. The number of halogens is 1. The van der Waals surface area contributed by atoms with E-state index in [1.807, 2.05) is 0 Å². The number of carbonyl (C=O) groups is 1. The van der Waals surface area contributed by atoms with Crippen molar-refractivity contribution in [1.29, 1.82) is 5.26 Å². The molecule has 1 aromatic carbocycles. The fourth-order valence-electron chi connectivity index (χ4n) is 2.82. The average Bonchev–Trinajstić information content (AvgIpc) is 2.44. The SMILES string of the molecule is Cc1cc(F)cc(C(=O)NC(C#N)C2CCCCC2)c1. The topological polar surface area (TPSA) is 52.9 Å². The Hall–Kier alpha value is -1.89. The van der Waals surface area contributed by atoms with Gasteiger partial charge in [-0.2, -0.15) is 5.26 Å². The lowest BCUT2D eigenvalue weighted by molar-refractivity contribution is 0.0928. The summed E-state index contributed by atoms with van der Waals surface area (Å²) < 4.78 is 13.3. The molecular weight excluding hydrogens is 255 g/mol. The predicted molar refractivity (Wildman–Crippen MR) is 74.6 cm³/mol. The molecule has 0 heterocycles. The number of hydrogen-bond donors (Lipinski definition) is 1. The molecule has 0 bridgehead atoms. The van der Waals surface area contributed by atoms with E-state index < -0.39 is 11.9 Å². The second kappa shape index (κ2) is 6.51. The molecule has 3 nitrogen and oxygen atoms in total. The third-order valence-electron chi connectivity index (χ3n) is 3.85. The van der Waals surface area contributed by atoms with E-state index in [9.17, 15) is 14.4 Å². The third-order valence-corrected chi connectivity index (χ3v) is 3.85. The van der Waals surface area contributed by atoms with Gasteiger partial charge in [0.15, 0.2) is 0 Å². The van der Waals surface area contributed by atoms with Gasteiger partial charge >= 0.3 is 0 Å². The van der Waals surface area contributed by atoms with Crippen molar-refractivity contribution < 1.29 is 9.18 Å². The lowest BCUT2D eigenvalue weighted by Gasteiger charge is -2.26. The van der Waals surface area contributed by atoms with Gasteiger partial charge < -0.3 is 5.32 Å². The maximum absolute atomic E-state index is 13.3.